The van der Waals surface area contributed by atoms with Gasteiger partial charge >= 0.3 is 0 Å². The van der Waals surface area contributed by atoms with Crippen LogP contribution in [0.15, 0.2) is 78.5 Å². The minimum absolute atomic E-state index is 0.0790. The molecule has 0 spiro atoms. The van der Waals surface area contributed by atoms with Crippen LogP contribution < -0.4 is 15.0 Å². The van der Waals surface area contributed by atoms with Gasteiger partial charge in [0, 0.05) is 30.1 Å². The highest BCUT2D eigenvalue weighted by atomic mass is 16.5. The SMILES string of the molecule is CC(=O)Nc1cccc(N2C(=O)C(=O)/C(=C(/O)c3cccc(OCC(C)C)c3)C2c2ccccn2)c1. The number of nitrogens with one attached hydrogen (secondary N) is 1. The predicted molar refractivity (Wildman–Crippen MR) is 137 cm³/mol. The van der Waals surface area contributed by atoms with Gasteiger partial charge in [0.25, 0.3) is 11.7 Å². The molecular formula is C28H27N3O5. The predicted octanol–water partition coefficient (Wildman–Crippen LogP) is 4.70. The Bertz CT molecular complexity index is 1330. The first-order valence-corrected chi connectivity index (χ1v) is 11.6. The molecule has 36 heavy (non-hydrogen) atoms. The third kappa shape index (κ3) is 5.12. The van der Waals surface area contributed by atoms with Gasteiger partial charge in [0.05, 0.1) is 17.9 Å². The summed E-state index contributed by atoms with van der Waals surface area (Å²) < 4.78 is 5.77. The summed E-state index contributed by atoms with van der Waals surface area (Å²) in [5.41, 5.74) is 1.53. The van der Waals surface area contributed by atoms with Crippen molar-refractivity contribution in [2.45, 2.75) is 26.8 Å². The maximum Gasteiger partial charge on any atom is 0.300 e. The van der Waals surface area contributed by atoms with E-state index in [0.717, 1.165) is 0 Å². The third-order valence-corrected chi connectivity index (χ3v) is 5.55. The highest BCUT2D eigenvalue weighted by Crippen LogP contribution is 2.42. The summed E-state index contributed by atoms with van der Waals surface area (Å²) in [6.45, 7) is 5.93. The van der Waals surface area contributed by atoms with Gasteiger partial charge in [-0.25, -0.2) is 0 Å². The van der Waals surface area contributed by atoms with Gasteiger partial charge in [0.15, 0.2) is 0 Å². The van der Waals surface area contributed by atoms with Crippen LogP contribution in [0.25, 0.3) is 5.76 Å². The lowest BCUT2D eigenvalue weighted by Gasteiger charge is -2.25. The number of ketones is 1. The van der Waals surface area contributed by atoms with Crippen LogP contribution in [0.4, 0.5) is 11.4 Å². The molecule has 1 fully saturated rings. The number of rotatable bonds is 7. The van der Waals surface area contributed by atoms with Crippen LogP contribution in [0.1, 0.15) is 38.1 Å². The Hall–Kier alpha value is -4.46. The summed E-state index contributed by atoms with van der Waals surface area (Å²) in [5.74, 6) is -1.38. The highest BCUT2D eigenvalue weighted by molar-refractivity contribution is 6.51. The van der Waals surface area contributed by atoms with Crippen molar-refractivity contribution in [2.75, 3.05) is 16.8 Å². The number of benzene rings is 2. The number of aliphatic hydroxyl groups excluding tert-OH is 1. The molecule has 8 heteroatoms. The quantitative estimate of drug-likeness (QED) is 0.285. The number of hydrogen-bond acceptors (Lipinski definition) is 6. The number of pyridine rings is 1. The Morgan fingerprint density at radius 2 is 1.86 bits per heavy atom. The molecule has 2 N–H and O–H groups in total. The Morgan fingerprint density at radius 1 is 1.08 bits per heavy atom. The average molecular weight is 486 g/mol. The number of carbonyl (C=O) groups is 3. The van der Waals surface area contributed by atoms with Crippen LogP contribution in [-0.2, 0) is 14.4 Å². The molecule has 1 aromatic heterocycles. The number of hydrogen-bond donors (Lipinski definition) is 2. The first-order chi connectivity index (χ1) is 17.3. The summed E-state index contributed by atoms with van der Waals surface area (Å²) in [5, 5.41) is 14.0. The van der Waals surface area contributed by atoms with Crippen molar-refractivity contribution < 1.29 is 24.2 Å². The molecule has 1 aliphatic heterocycles. The molecule has 2 aromatic carbocycles. The van der Waals surface area contributed by atoms with E-state index < -0.39 is 17.7 Å². The molecule has 0 bridgehead atoms. The second-order valence-corrected chi connectivity index (χ2v) is 8.89. The van der Waals surface area contributed by atoms with Gasteiger partial charge in [-0.15, -0.1) is 0 Å². The van der Waals surface area contributed by atoms with Gasteiger partial charge in [-0.3, -0.25) is 24.3 Å². The number of anilines is 2. The molecule has 1 aliphatic rings. The van der Waals surface area contributed by atoms with E-state index in [4.69, 9.17) is 4.74 Å². The fraction of sp³-hybridized carbons (Fsp3) is 0.214. The van der Waals surface area contributed by atoms with E-state index in [1.165, 1.54) is 11.8 Å². The molecule has 1 unspecified atom stereocenters. The molecule has 3 aromatic rings. The smallest absolute Gasteiger partial charge is 0.300 e. The molecule has 0 radical (unpaired) electrons. The zero-order chi connectivity index (χ0) is 25.8. The lowest BCUT2D eigenvalue weighted by Crippen LogP contribution is -2.30. The van der Waals surface area contributed by atoms with Crippen LogP contribution in [0.3, 0.4) is 0 Å². The molecule has 0 aliphatic carbocycles. The Kier molecular flexibility index (Phi) is 7.15. The number of nitrogens with zero attached hydrogens (tertiary/aromatic N) is 2. The van der Waals surface area contributed by atoms with E-state index in [0.29, 0.717) is 40.9 Å². The minimum Gasteiger partial charge on any atom is -0.507 e. The number of carbonyl (C=O) groups excluding carboxylic acids is 3. The number of aliphatic hydroxyl groups is 1. The average Bonchev–Trinajstić information content (AvgIpc) is 3.13. The monoisotopic (exact) mass is 485 g/mol. The van der Waals surface area contributed by atoms with E-state index in [9.17, 15) is 19.5 Å². The Labute approximate surface area is 209 Å². The molecule has 1 atom stereocenters. The van der Waals surface area contributed by atoms with Gasteiger partial charge in [-0.2, -0.15) is 0 Å². The van der Waals surface area contributed by atoms with Gasteiger partial charge in [-0.05, 0) is 48.4 Å². The molecule has 0 saturated carbocycles. The fourth-order valence-corrected chi connectivity index (χ4v) is 4.00. The molecule has 1 saturated heterocycles. The van der Waals surface area contributed by atoms with Gasteiger partial charge in [0.2, 0.25) is 5.91 Å². The standard InChI is InChI=1S/C28H27N3O5/c1-17(2)16-36-22-11-6-8-19(14-22)26(33)24-25(23-12-4-5-13-29-23)31(28(35)27(24)34)21-10-7-9-20(15-21)30-18(3)32/h4-15,17,25,33H,16H2,1-3H3,(H,30,32)/b26-24+. The van der Waals surface area contributed by atoms with Crippen molar-refractivity contribution >= 4 is 34.7 Å². The molecule has 2 amide bonds. The van der Waals surface area contributed by atoms with Crippen LogP contribution in [0.2, 0.25) is 0 Å². The molecule has 184 valence electrons. The Morgan fingerprint density at radius 3 is 2.56 bits per heavy atom. The third-order valence-electron chi connectivity index (χ3n) is 5.55. The van der Waals surface area contributed by atoms with E-state index in [1.54, 1.807) is 72.9 Å². The van der Waals surface area contributed by atoms with E-state index in [2.05, 4.69) is 10.3 Å². The summed E-state index contributed by atoms with van der Waals surface area (Å²) in [4.78, 5) is 43.8. The van der Waals surface area contributed by atoms with Gasteiger partial charge in [-0.1, -0.05) is 38.1 Å². The number of ether oxygens (including phenoxy) is 1. The number of amides is 2. The molecular weight excluding hydrogens is 458 g/mol. The lowest BCUT2D eigenvalue weighted by atomic mass is 9.98. The van der Waals surface area contributed by atoms with Crippen molar-refractivity contribution in [1.29, 1.82) is 0 Å². The first-order valence-electron chi connectivity index (χ1n) is 11.6. The van der Waals surface area contributed by atoms with Crippen molar-refractivity contribution in [3.63, 3.8) is 0 Å². The zero-order valence-electron chi connectivity index (χ0n) is 20.3. The topological polar surface area (TPSA) is 109 Å². The van der Waals surface area contributed by atoms with E-state index in [-0.39, 0.29) is 17.2 Å². The molecule has 4 rings (SSSR count). The number of aromatic nitrogens is 1. The zero-order valence-corrected chi connectivity index (χ0v) is 20.3. The van der Waals surface area contributed by atoms with Crippen molar-refractivity contribution in [3.8, 4) is 5.75 Å². The van der Waals surface area contributed by atoms with Crippen molar-refractivity contribution in [1.82, 2.24) is 4.98 Å². The normalized spacial score (nSPS) is 16.9. The summed E-state index contributed by atoms with van der Waals surface area (Å²) in [6, 6.07) is 17.6. The van der Waals surface area contributed by atoms with E-state index in [1.807, 2.05) is 13.8 Å². The maximum atomic E-state index is 13.3. The summed E-state index contributed by atoms with van der Waals surface area (Å²) in [6.07, 6.45) is 1.56. The summed E-state index contributed by atoms with van der Waals surface area (Å²) in [7, 11) is 0. The largest absolute Gasteiger partial charge is 0.507 e. The van der Waals surface area contributed by atoms with Crippen LogP contribution in [-0.4, -0.2) is 34.3 Å². The molecule has 8 nitrogen and oxygen atoms in total. The fourth-order valence-electron chi connectivity index (χ4n) is 4.00. The van der Waals surface area contributed by atoms with Crippen molar-refractivity contribution in [3.05, 3.63) is 89.8 Å². The van der Waals surface area contributed by atoms with Crippen molar-refractivity contribution in [2.24, 2.45) is 5.92 Å². The van der Waals surface area contributed by atoms with Crippen LogP contribution in [0, 0.1) is 5.92 Å². The first kappa shape index (κ1) is 24.7. The van der Waals surface area contributed by atoms with Gasteiger partial charge < -0.3 is 15.2 Å². The Balaban J connectivity index is 1.84. The summed E-state index contributed by atoms with van der Waals surface area (Å²) >= 11 is 0. The van der Waals surface area contributed by atoms with Crippen LogP contribution >= 0.6 is 0 Å². The minimum atomic E-state index is -0.973. The second-order valence-electron chi connectivity index (χ2n) is 8.89. The highest BCUT2D eigenvalue weighted by Gasteiger charge is 2.47. The van der Waals surface area contributed by atoms with E-state index >= 15 is 0 Å². The molecule has 2 heterocycles. The number of Topliss-reactive ketones (excluding diaryl/α,β-unsaturated/α-hetero) is 1. The van der Waals surface area contributed by atoms with Crippen LogP contribution in [0.5, 0.6) is 5.75 Å². The second kappa shape index (κ2) is 10.4. The van der Waals surface area contributed by atoms with Gasteiger partial charge in [0.1, 0.15) is 17.6 Å². The lowest BCUT2D eigenvalue weighted by molar-refractivity contribution is -0.132. The maximum absolute atomic E-state index is 13.3.